The van der Waals surface area contributed by atoms with E-state index in [1.807, 2.05) is 18.2 Å². The van der Waals surface area contributed by atoms with Crippen LogP contribution in [-0.2, 0) is 0 Å². The van der Waals surface area contributed by atoms with Crippen molar-refractivity contribution in [2.24, 2.45) is 0 Å². The maximum Gasteiger partial charge on any atom is 0.131 e. The zero-order valence-corrected chi connectivity index (χ0v) is 30.4. The first kappa shape index (κ1) is 33.8. The summed E-state index contributed by atoms with van der Waals surface area (Å²) < 4.78 is 0. The van der Waals surface area contributed by atoms with Gasteiger partial charge in [0.25, 0.3) is 0 Å². The van der Waals surface area contributed by atoms with Gasteiger partial charge in [0.05, 0.1) is 11.4 Å². The van der Waals surface area contributed by atoms with Crippen LogP contribution < -0.4 is 0 Å². The lowest BCUT2D eigenvalue weighted by molar-refractivity contribution is 0.479. The van der Waals surface area contributed by atoms with Gasteiger partial charge in [-0.3, -0.25) is 0 Å². The van der Waals surface area contributed by atoms with Gasteiger partial charge in [-0.2, -0.15) is 0 Å². The summed E-state index contributed by atoms with van der Waals surface area (Å²) in [6.07, 6.45) is 0. The maximum absolute atomic E-state index is 11.9. The van der Waals surface area contributed by atoms with Crippen molar-refractivity contribution in [3.8, 4) is 72.8 Å². The summed E-state index contributed by atoms with van der Waals surface area (Å²) in [5, 5.41) is 11.9. The first-order chi connectivity index (χ1) is 24.7. The molecule has 0 amide bonds. The molecule has 0 saturated carbocycles. The highest BCUT2D eigenvalue weighted by Crippen LogP contribution is 2.45. The Morgan fingerprint density at radius 1 is 0.392 bits per heavy atom. The molecule has 0 unspecified atom stereocenters. The number of benzene rings is 6. The summed E-state index contributed by atoms with van der Waals surface area (Å²) in [5.41, 5.74) is 17.2. The van der Waals surface area contributed by atoms with E-state index in [4.69, 9.17) is 4.98 Å². The van der Waals surface area contributed by atoms with E-state index in [1.165, 1.54) is 33.4 Å². The van der Waals surface area contributed by atoms with Crippen molar-refractivity contribution in [3.63, 3.8) is 0 Å². The highest BCUT2D eigenvalue weighted by Gasteiger charge is 2.20. The molecule has 0 aliphatic heterocycles. The second-order valence-corrected chi connectivity index (χ2v) is 14.3. The molecule has 0 aliphatic rings. The highest BCUT2D eigenvalue weighted by atomic mass is 16.3. The second-order valence-electron chi connectivity index (χ2n) is 14.3. The average molecular weight is 664 g/mol. The molecule has 1 aromatic heterocycles. The first-order valence-corrected chi connectivity index (χ1v) is 18.0. The molecule has 0 bridgehead atoms. The molecule has 1 heterocycles. The quantitative estimate of drug-likeness (QED) is 0.175. The van der Waals surface area contributed by atoms with Crippen LogP contribution in [0.25, 0.3) is 67.0 Å². The SMILES string of the molecule is Cc1cc(-c2ccccc2-c2cccc(-c3ccccc3-c3cc(C)cc(-c4ccccc4C(C)C)c3O)n2)cc(-c2ccccc2C(C)C)c1. The lowest BCUT2D eigenvalue weighted by Crippen LogP contribution is -1.96. The maximum atomic E-state index is 11.9. The third kappa shape index (κ3) is 6.75. The summed E-state index contributed by atoms with van der Waals surface area (Å²) >= 11 is 0. The van der Waals surface area contributed by atoms with Crippen LogP contribution in [0.1, 0.15) is 61.8 Å². The minimum Gasteiger partial charge on any atom is -0.507 e. The average Bonchev–Trinajstić information content (AvgIpc) is 3.15. The summed E-state index contributed by atoms with van der Waals surface area (Å²) in [6, 6.07) is 51.3. The topological polar surface area (TPSA) is 33.1 Å². The summed E-state index contributed by atoms with van der Waals surface area (Å²) in [6.45, 7) is 13.2. The van der Waals surface area contributed by atoms with E-state index in [0.29, 0.717) is 11.8 Å². The number of aromatic nitrogens is 1. The minimum absolute atomic E-state index is 0.289. The van der Waals surface area contributed by atoms with Crippen LogP contribution in [0.4, 0.5) is 0 Å². The molecule has 7 rings (SSSR count). The predicted molar refractivity (Wildman–Crippen MR) is 216 cm³/mol. The Balaban J connectivity index is 1.33. The Morgan fingerprint density at radius 3 is 1.39 bits per heavy atom. The van der Waals surface area contributed by atoms with Crippen molar-refractivity contribution < 1.29 is 5.11 Å². The Labute approximate surface area is 303 Å². The Morgan fingerprint density at radius 2 is 0.804 bits per heavy atom. The molecular formula is C49H45NO. The van der Waals surface area contributed by atoms with Crippen LogP contribution in [0.15, 0.2) is 146 Å². The van der Waals surface area contributed by atoms with E-state index in [0.717, 1.165) is 55.9 Å². The molecule has 7 aromatic rings. The predicted octanol–water partition coefficient (Wildman–Crippen LogP) is 13.7. The molecule has 0 saturated heterocycles. The fraction of sp³-hybridized carbons (Fsp3) is 0.163. The van der Waals surface area contributed by atoms with E-state index in [9.17, 15) is 5.11 Å². The van der Waals surface area contributed by atoms with Crippen molar-refractivity contribution in [1.82, 2.24) is 4.98 Å². The molecule has 0 aliphatic carbocycles. The Hall–Kier alpha value is -5.73. The number of pyridine rings is 1. The third-order valence-corrected chi connectivity index (χ3v) is 9.85. The van der Waals surface area contributed by atoms with Crippen LogP contribution in [0.3, 0.4) is 0 Å². The summed E-state index contributed by atoms with van der Waals surface area (Å²) in [7, 11) is 0. The van der Waals surface area contributed by atoms with E-state index in [2.05, 4.69) is 169 Å². The molecule has 0 fully saturated rings. The molecule has 2 nitrogen and oxygen atoms in total. The van der Waals surface area contributed by atoms with Crippen LogP contribution in [-0.4, -0.2) is 10.1 Å². The van der Waals surface area contributed by atoms with Crippen molar-refractivity contribution in [3.05, 3.63) is 168 Å². The standard InChI is InChI=1S/C49H45NO/c1-31(2)37-16-7-9-18-39(37)35-26-33(5)27-36(30-35)40-19-10-13-22-43(40)47-24-15-25-48(50-47)44-23-14-12-21-42(44)46-29-34(6)28-45(49(46)51)41-20-11-8-17-38(41)32(3)4/h7-32,51H,1-6H3. The lowest BCUT2D eigenvalue weighted by atomic mass is 9.87. The fourth-order valence-electron chi connectivity index (χ4n) is 7.43. The van der Waals surface area contributed by atoms with Gasteiger partial charge in [-0.1, -0.05) is 143 Å². The van der Waals surface area contributed by atoms with Gasteiger partial charge in [-0.15, -0.1) is 0 Å². The van der Waals surface area contributed by atoms with Gasteiger partial charge >= 0.3 is 0 Å². The van der Waals surface area contributed by atoms with Crippen molar-refractivity contribution >= 4 is 0 Å². The second kappa shape index (κ2) is 14.2. The number of aromatic hydroxyl groups is 1. The first-order valence-electron chi connectivity index (χ1n) is 18.0. The monoisotopic (exact) mass is 663 g/mol. The van der Waals surface area contributed by atoms with Gasteiger partial charge in [0.15, 0.2) is 0 Å². The number of hydrogen-bond acceptors (Lipinski definition) is 2. The van der Waals surface area contributed by atoms with Crippen LogP contribution >= 0.6 is 0 Å². The van der Waals surface area contributed by atoms with Gasteiger partial charge in [-0.25, -0.2) is 4.98 Å². The zero-order chi connectivity index (χ0) is 35.6. The Bertz CT molecular complexity index is 2360. The minimum atomic E-state index is 0.289. The zero-order valence-electron chi connectivity index (χ0n) is 30.4. The van der Waals surface area contributed by atoms with E-state index >= 15 is 0 Å². The van der Waals surface area contributed by atoms with Gasteiger partial charge in [0.1, 0.15) is 5.75 Å². The summed E-state index contributed by atoms with van der Waals surface area (Å²) in [4.78, 5) is 5.31. The van der Waals surface area contributed by atoms with Gasteiger partial charge < -0.3 is 5.11 Å². The molecule has 6 aromatic carbocycles. The van der Waals surface area contributed by atoms with Crippen molar-refractivity contribution in [2.75, 3.05) is 0 Å². The number of aryl methyl sites for hydroxylation is 2. The number of phenols is 1. The van der Waals surface area contributed by atoms with E-state index < -0.39 is 0 Å². The van der Waals surface area contributed by atoms with Crippen molar-refractivity contribution in [1.29, 1.82) is 0 Å². The molecule has 0 spiro atoms. The third-order valence-electron chi connectivity index (χ3n) is 9.85. The molecule has 0 radical (unpaired) electrons. The van der Waals surface area contributed by atoms with Gasteiger partial charge in [0, 0.05) is 22.3 Å². The fourth-order valence-corrected chi connectivity index (χ4v) is 7.43. The largest absolute Gasteiger partial charge is 0.507 e. The van der Waals surface area contributed by atoms with Crippen LogP contribution in [0.5, 0.6) is 5.75 Å². The molecule has 0 atom stereocenters. The van der Waals surface area contributed by atoms with Crippen LogP contribution in [0.2, 0.25) is 0 Å². The van der Waals surface area contributed by atoms with Crippen molar-refractivity contribution in [2.45, 2.75) is 53.4 Å². The number of phenolic OH excluding ortho intramolecular Hbond substituents is 1. The van der Waals surface area contributed by atoms with E-state index in [-0.39, 0.29) is 5.75 Å². The van der Waals surface area contributed by atoms with Gasteiger partial charge in [0.2, 0.25) is 0 Å². The summed E-state index contributed by atoms with van der Waals surface area (Å²) in [5.74, 6) is 1.04. The molecule has 51 heavy (non-hydrogen) atoms. The number of rotatable bonds is 8. The molecular weight excluding hydrogens is 619 g/mol. The molecule has 1 N–H and O–H groups in total. The normalized spacial score (nSPS) is 11.4. The Kier molecular flexibility index (Phi) is 9.43. The lowest BCUT2D eigenvalue weighted by Gasteiger charge is -2.18. The number of hydrogen-bond donors (Lipinski definition) is 1. The molecule has 252 valence electrons. The smallest absolute Gasteiger partial charge is 0.131 e. The molecule has 2 heteroatoms. The highest BCUT2D eigenvalue weighted by molar-refractivity contribution is 5.91. The van der Waals surface area contributed by atoms with Crippen LogP contribution in [0, 0.1) is 13.8 Å². The van der Waals surface area contributed by atoms with Gasteiger partial charge in [-0.05, 0) is 112 Å². The van der Waals surface area contributed by atoms with E-state index in [1.54, 1.807) is 0 Å². The number of nitrogens with zero attached hydrogens (tertiary/aromatic N) is 1.